The summed E-state index contributed by atoms with van der Waals surface area (Å²) in [6, 6.07) is 21.5. The fourth-order valence-corrected chi connectivity index (χ4v) is 4.39. The summed E-state index contributed by atoms with van der Waals surface area (Å²) in [4.78, 5) is 2.54. The molecule has 0 unspecified atom stereocenters. The van der Waals surface area contributed by atoms with Crippen molar-refractivity contribution in [1.82, 2.24) is 4.90 Å². The van der Waals surface area contributed by atoms with Gasteiger partial charge in [-0.3, -0.25) is 4.90 Å². The van der Waals surface area contributed by atoms with Crippen molar-refractivity contribution >= 4 is 0 Å². The van der Waals surface area contributed by atoms with Crippen molar-refractivity contribution in [3.63, 3.8) is 0 Å². The van der Waals surface area contributed by atoms with Crippen LogP contribution in [0.2, 0.25) is 0 Å². The van der Waals surface area contributed by atoms with Crippen molar-refractivity contribution in [1.29, 1.82) is 0 Å². The molecule has 0 N–H and O–H groups in total. The van der Waals surface area contributed by atoms with Crippen LogP contribution < -0.4 is 0 Å². The molecule has 1 fully saturated rings. The first kappa shape index (κ1) is 20.1. The van der Waals surface area contributed by atoms with Gasteiger partial charge < -0.3 is 9.47 Å². The molecule has 0 radical (unpaired) electrons. The molecule has 0 bridgehead atoms. The SMILES string of the molecule is CCOC1(OCC)[C@H](CN(Cc2ccccc2)Cc2ccccc2)C[C@@H]1C. The molecule has 2 aromatic rings. The Morgan fingerprint density at radius 1 is 0.852 bits per heavy atom. The van der Waals surface area contributed by atoms with Gasteiger partial charge in [0, 0.05) is 44.7 Å². The van der Waals surface area contributed by atoms with Gasteiger partial charge in [-0.25, -0.2) is 0 Å². The second-order valence-corrected chi connectivity index (χ2v) is 7.56. The molecular weight excluding hydrogens is 334 g/mol. The topological polar surface area (TPSA) is 21.7 Å². The molecule has 0 saturated heterocycles. The van der Waals surface area contributed by atoms with Gasteiger partial charge in [-0.2, -0.15) is 0 Å². The van der Waals surface area contributed by atoms with Gasteiger partial charge in [0.2, 0.25) is 0 Å². The highest BCUT2D eigenvalue weighted by molar-refractivity contribution is 5.17. The molecule has 3 rings (SSSR count). The molecule has 27 heavy (non-hydrogen) atoms. The first-order valence-corrected chi connectivity index (χ1v) is 10.3. The number of hydrogen-bond donors (Lipinski definition) is 0. The van der Waals surface area contributed by atoms with Crippen LogP contribution in [-0.2, 0) is 22.6 Å². The summed E-state index contributed by atoms with van der Waals surface area (Å²) in [6.07, 6.45) is 1.15. The summed E-state index contributed by atoms with van der Waals surface area (Å²) < 4.78 is 12.4. The summed E-state index contributed by atoms with van der Waals surface area (Å²) >= 11 is 0. The number of nitrogens with zero attached hydrogens (tertiary/aromatic N) is 1. The van der Waals surface area contributed by atoms with Crippen LogP contribution in [0.4, 0.5) is 0 Å². The fourth-order valence-electron chi connectivity index (χ4n) is 4.39. The summed E-state index contributed by atoms with van der Waals surface area (Å²) in [5.41, 5.74) is 2.69. The lowest BCUT2D eigenvalue weighted by Crippen LogP contribution is -2.61. The van der Waals surface area contributed by atoms with E-state index in [-0.39, 0.29) is 0 Å². The maximum absolute atomic E-state index is 6.18. The molecule has 2 aromatic carbocycles. The molecule has 1 aliphatic carbocycles. The molecule has 0 aliphatic heterocycles. The third kappa shape index (κ3) is 4.78. The van der Waals surface area contributed by atoms with Gasteiger partial charge in [0.25, 0.3) is 0 Å². The van der Waals surface area contributed by atoms with Crippen LogP contribution in [0.15, 0.2) is 60.7 Å². The zero-order valence-electron chi connectivity index (χ0n) is 16.9. The lowest BCUT2D eigenvalue weighted by molar-refractivity contribution is -0.340. The Kier molecular flexibility index (Phi) is 7.06. The van der Waals surface area contributed by atoms with Gasteiger partial charge in [-0.05, 0) is 31.4 Å². The molecule has 0 heterocycles. The van der Waals surface area contributed by atoms with Crippen LogP contribution in [0.3, 0.4) is 0 Å². The Balaban J connectivity index is 1.75. The second-order valence-electron chi connectivity index (χ2n) is 7.56. The molecule has 1 aliphatic rings. The second kappa shape index (κ2) is 9.50. The van der Waals surface area contributed by atoms with E-state index in [1.165, 1.54) is 11.1 Å². The normalized spacial score (nSPS) is 21.2. The van der Waals surface area contributed by atoms with Gasteiger partial charge in [0.05, 0.1) is 0 Å². The molecule has 3 nitrogen and oxygen atoms in total. The van der Waals surface area contributed by atoms with E-state index in [0.717, 1.165) is 26.1 Å². The Morgan fingerprint density at radius 3 is 1.74 bits per heavy atom. The molecule has 0 spiro atoms. The van der Waals surface area contributed by atoms with E-state index in [9.17, 15) is 0 Å². The van der Waals surface area contributed by atoms with Crippen molar-refractivity contribution in [2.45, 2.75) is 46.1 Å². The van der Waals surface area contributed by atoms with Gasteiger partial charge >= 0.3 is 0 Å². The minimum atomic E-state index is -0.422. The average Bonchev–Trinajstić information content (AvgIpc) is 2.69. The van der Waals surface area contributed by atoms with E-state index in [1.54, 1.807) is 0 Å². The van der Waals surface area contributed by atoms with Crippen LogP contribution in [0.25, 0.3) is 0 Å². The first-order chi connectivity index (χ1) is 13.2. The standard InChI is InChI=1S/C24H33NO2/c1-4-26-24(27-5-2)20(3)16-23(24)19-25(17-21-12-8-6-9-13-21)18-22-14-10-7-11-15-22/h6-15,20,23H,4-5,16-19H2,1-3H3/t20-,23-/m0/s1. The average molecular weight is 368 g/mol. The zero-order chi connectivity index (χ0) is 19.1. The van der Waals surface area contributed by atoms with Crippen LogP contribution in [-0.4, -0.2) is 30.4 Å². The maximum Gasteiger partial charge on any atom is 0.174 e. The maximum atomic E-state index is 6.18. The number of benzene rings is 2. The lowest BCUT2D eigenvalue weighted by Gasteiger charge is -2.54. The summed E-state index contributed by atoms with van der Waals surface area (Å²) in [5, 5.41) is 0. The third-order valence-corrected chi connectivity index (χ3v) is 5.61. The van der Waals surface area contributed by atoms with E-state index < -0.39 is 5.79 Å². The summed E-state index contributed by atoms with van der Waals surface area (Å²) in [7, 11) is 0. The van der Waals surface area contributed by atoms with Gasteiger partial charge in [-0.1, -0.05) is 67.6 Å². The van der Waals surface area contributed by atoms with Crippen LogP contribution in [0.1, 0.15) is 38.3 Å². The number of hydrogen-bond acceptors (Lipinski definition) is 3. The smallest absolute Gasteiger partial charge is 0.174 e. The third-order valence-electron chi connectivity index (χ3n) is 5.61. The molecular formula is C24H33NO2. The van der Waals surface area contributed by atoms with E-state index in [2.05, 4.69) is 86.3 Å². The molecule has 3 heteroatoms. The van der Waals surface area contributed by atoms with Crippen molar-refractivity contribution in [2.24, 2.45) is 11.8 Å². The molecule has 0 aromatic heterocycles. The predicted molar refractivity (Wildman–Crippen MR) is 110 cm³/mol. The largest absolute Gasteiger partial charge is 0.350 e. The van der Waals surface area contributed by atoms with E-state index in [4.69, 9.17) is 9.47 Å². The Labute approximate surface area is 164 Å². The summed E-state index contributed by atoms with van der Waals surface area (Å²) in [6.45, 7) is 10.6. The van der Waals surface area contributed by atoms with Crippen molar-refractivity contribution in [3.8, 4) is 0 Å². The van der Waals surface area contributed by atoms with Gasteiger partial charge in [0.1, 0.15) is 0 Å². The minimum Gasteiger partial charge on any atom is -0.350 e. The predicted octanol–water partition coefficient (Wildman–Crippen LogP) is 5.11. The summed E-state index contributed by atoms with van der Waals surface area (Å²) in [5.74, 6) is 0.423. The Hall–Kier alpha value is -1.68. The van der Waals surface area contributed by atoms with Crippen LogP contribution in [0, 0.1) is 11.8 Å². The van der Waals surface area contributed by atoms with Crippen molar-refractivity contribution < 1.29 is 9.47 Å². The quantitative estimate of drug-likeness (QED) is 0.544. The zero-order valence-corrected chi connectivity index (χ0v) is 16.9. The van der Waals surface area contributed by atoms with Gasteiger partial charge in [0.15, 0.2) is 5.79 Å². The first-order valence-electron chi connectivity index (χ1n) is 10.3. The molecule has 0 amide bonds. The molecule has 1 saturated carbocycles. The highest BCUT2D eigenvalue weighted by atomic mass is 16.7. The molecule has 146 valence electrons. The number of ether oxygens (including phenoxy) is 2. The Bertz CT molecular complexity index is 626. The van der Waals surface area contributed by atoms with E-state index in [0.29, 0.717) is 25.0 Å². The van der Waals surface area contributed by atoms with Gasteiger partial charge in [-0.15, -0.1) is 0 Å². The number of rotatable bonds is 10. The highest BCUT2D eigenvalue weighted by Gasteiger charge is 2.55. The van der Waals surface area contributed by atoms with Crippen LogP contribution in [0.5, 0.6) is 0 Å². The molecule has 2 atom stereocenters. The van der Waals surface area contributed by atoms with Crippen molar-refractivity contribution in [3.05, 3.63) is 71.8 Å². The fraction of sp³-hybridized carbons (Fsp3) is 0.500. The lowest BCUT2D eigenvalue weighted by atomic mass is 9.68. The van der Waals surface area contributed by atoms with E-state index >= 15 is 0 Å². The highest BCUT2D eigenvalue weighted by Crippen LogP contribution is 2.48. The van der Waals surface area contributed by atoms with Crippen molar-refractivity contribution in [2.75, 3.05) is 19.8 Å². The minimum absolute atomic E-state index is 0.403. The van der Waals surface area contributed by atoms with Crippen LogP contribution >= 0.6 is 0 Å². The monoisotopic (exact) mass is 367 g/mol. The van der Waals surface area contributed by atoms with E-state index in [1.807, 2.05) is 0 Å². The Morgan fingerprint density at radius 2 is 1.33 bits per heavy atom.